The fourth-order valence-corrected chi connectivity index (χ4v) is 4.10. The summed E-state index contributed by atoms with van der Waals surface area (Å²) in [7, 11) is 0. The maximum atomic E-state index is 13.4. The molecular weight excluding hydrogens is 382 g/mol. The molecule has 0 spiro atoms. The van der Waals surface area contributed by atoms with Crippen LogP contribution in [0.15, 0.2) is 67.0 Å². The third-order valence-electron chi connectivity index (χ3n) is 4.61. The van der Waals surface area contributed by atoms with E-state index in [1.807, 2.05) is 31.2 Å². The number of pyridine rings is 1. The lowest BCUT2D eigenvalue weighted by atomic mass is 10.1. The van der Waals surface area contributed by atoms with E-state index in [4.69, 9.17) is 4.98 Å². The van der Waals surface area contributed by atoms with Gasteiger partial charge in [-0.05, 0) is 55.3 Å². The summed E-state index contributed by atoms with van der Waals surface area (Å²) >= 11 is 1.49. The van der Waals surface area contributed by atoms with Gasteiger partial charge in [0.15, 0.2) is 10.9 Å². The molecule has 0 radical (unpaired) electrons. The molecule has 6 heteroatoms. The molecule has 2 heterocycles. The van der Waals surface area contributed by atoms with E-state index >= 15 is 0 Å². The number of hydrogen-bond acceptors (Lipinski definition) is 5. The Hall–Kier alpha value is -3.38. The highest BCUT2D eigenvalue weighted by molar-refractivity contribution is 7.22. The van der Waals surface area contributed by atoms with E-state index in [0.717, 1.165) is 21.3 Å². The number of fused-ring (bicyclic) bond motifs is 1. The van der Waals surface area contributed by atoms with Gasteiger partial charge in [0, 0.05) is 23.5 Å². The molecule has 0 atom stereocenters. The number of aromatic nitrogens is 2. The van der Waals surface area contributed by atoms with Crippen molar-refractivity contribution < 1.29 is 9.59 Å². The van der Waals surface area contributed by atoms with E-state index in [9.17, 15) is 9.59 Å². The number of amides is 1. The molecular formula is C23H19N3O2S. The highest BCUT2D eigenvalue weighted by Crippen LogP contribution is 2.31. The summed E-state index contributed by atoms with van der Waals surface area (Å²) in [6.07, 6.45) is 3.45. The zero-order valence-corrected chi connectivity index (χ0v) is 16.9. The van der Waals surface area contributed by atoms with Crippen LogP contribution in [0.3, 0.4) is 0 Å². The number of carbonyl (C=O) groups is 2. The molecule has 0 N–H and O–H groups in total. The Balaban J connectivity index is 1.74. The number of benzene rings is 2. The first-order valence-corrected chi connectivity index (χ1v) is 10.0. The van der Waals surface area contributed by atoms with Crippen molar-refractivity contribution in [3.05, 3.63) is 89.2 Å². The van der Waals surface area contributed by atoms with Gasteiger partial charge in [0.2, 0.25) is 0 Å². The largest absolute Gasteiger partial charge is 0.295 e. The van der Waals surface area contributed by atoms with Crippen LogP contribution in [0.4, 0.5) is 5.13 Å². The van der Waals surface area contributed by atoms with Gasteiger partial charge >= 0.3 is 0 Å². The van der Waals surface area contributed by atoms with Gasteiger partial charge in [-0.1, -0.05) is 35.6 Å². The quantitative estimate of drug-likeness (QED) is 0.439. The zero-order chi connectivity index (χ0) is 20.4. The third kappa shape index (κ3) is 4.07. The number of Topliss-reactive ketones (excluding diaryl/α,β-unsaturated/α-hetero) is 1. The molecule has 1 amide bonds. The van der Waals surface area contributed by atoms with Gasteiger partial charge in [0.1, 0.15) is 0 Å². The number of aryl methyl sites for hydroxylation is 1. The first kappa shape index (κ1) is 19.0. The lowest BCUT2D eigenvalue weighted by Crippen LogP contribution is -2.30. The van der Waals surface area contributed by atoms with Crippen molar-refractivity contribution in [1.29, 1.82) is 0 Å². The minimum atomic E-state index is -0.167. The number of thiazole rings is 1. The standard InChI is InChI=1S/C23H19N3O2S/c1-15-5-10-20-21(12-15)29-23(25-20)26(14-17-4-3-11-24-13-17)22(28)19-8-6-18(7-9-19)16(2)27/h3-13H,14H2,1-2H3. The Labute approximate surface area is 172 Å². The molecule has 4 rings (SSSR count). The fraction of sp³-hybridized carbons (Fsp3) is 0.130. The molecule has 144 valence electrons. The van der Waals surface area contributed by atoms with Crippen molar-refractivity contribution in [2.75, 3.05) is 4.90 Å². The highest BCUT2D eigenvalue weighted by Gasteiger charge is 2.22. The Kier molecular flexibility index (Phi) is 5.18. The molecule has 0 saturated carbocycles. The highest BCUT2D eigenvalue weighted by atomic mass is 32.1. The molecule has 0 fully saturated rings. The second-order valence-electron chi connectivity index (χ2n) is 6.85. The molecule has 0 saturated heterocycles. The summed E-state index contributed by atoms with van der Waals surface area (Å²) in [5.41, 5.74) is 4.02. The van der Waals surface area contributed by atoms with Gasteiger partial charge in [-0.3, -0.25) is 19.5 Å². The van der Waals surface area contributed by atoms with Crippen molar-refractivity contribution in [3.63, 3.8) is 0 Å². The number of ketones is 1. The van der Waals surface area contributed by atoms with Gasteiger partial charge in [0.05, 0.1) is 16.8 Å². The predicted octanol–water partition coefficient (Wildman–Crippen LogP) is 5.05. The molecule has 0 aliphatic carbocycles. The molecule has 0 unspecified atom stereocenters. The van der Waals surface area contributed by atoms with Crippen LogP contribution in [0.25, 0.3) is 10.2 Å². The number of hydrogen-bond donors (Lipinski definition) is 0. The Morgan fingerprint density at radius 1 is 1.03 bits per heavy atom. The van der Waals surface area contributed by atoms with Gasteiger partial charge < -0.3 is 0 Å². The topological polar surface area (TPSA) is 63.2 Å². The summed E-state index contributed by atoms with van der Waals surface area (Å²) in [6, 6.07) is 16.6. The number of carbonyl (C=O) groups excluding carboxylic acids is 2. The van der Waals surface area contributed by atoms with E-state index in [2.05, 4.69) is 11.1 Å². The van der Waals surface area contributed by atoms with Crippen LogP contribution in [0.1, 0.15) is 38.8 Å². The minimum Gasteiger partial charge on any atom is -0.295 e. The van der Waals surface area contributed by atoms with Crippen LogP contribution in [0.5, 0.6) is 0 Å². The van der Waals surface area contributed by atoms with Crippen molar-refractivity contribution in [2.45, 2.75) is 20.4 Å². The van der Waals surface area contributed by atoms with Gasteiger partial charge in [-0.25, -0.2) is 4.98 Å². The van der Waals surface area contributed by atoms with Gasteiger partial charge in [-0.2, -0.15) is 0 Å². The minimum absolute atomic E-state index is 0.0299. The summed E-state index contributed by atoms with van der Waals surface area (Å²) in [5, 5.41) is 0.634. The van der Waals surface area contributed by atoms with Gasteiger partial charge in [-0.15, -0.1) is 0 Å². The van der Waals surface area contributed by atoms with Crippen LogP contribution < -0.4 is 4.90 Å². The van der Waals surface area contributed by atoms with Crippen molar-refractivity contribution in [1.82, 2.24) is 9.97 Å². The van der Waals surface area contributed by atoms with Gasteiger partial charge in [0.25, 0.3) is 5.91 Å². The van der Waals surface area contributed by atoms with E-state index in [1.165, 1.54) is 18.3 Å². The van der Waals surface area contributed by atoms with E-state index in [1.54, 1.807) is 41.6 Å². The third-order valence-corrected chi connectivity index (χ3v) is 5.65. The smallest absolute Gasteiger partial charge is 0.260 e. The maximum absolute atomic E-state index is 13.4. The SMILES string of the molecule is CC(=O)c1ccc(C(=O)N(Cc2cccnc2)c2nc3ccc(C)cc3s2)cc1. The average molecular weight is 401 g/mol. The summed E-state index contributed by atoms with van der Waals surface area (Å²) in [6.45, 7) is 3.91. The second-order valence-corrected chi connectivity index (χ2v) is 7.86. The van der Waals surface area contributed by atoms with Crippen molar-refractivity contribution >= 4 is 38.4 Å². The zero-order valence-electron chi connectivity index (χ0n) is 16.1. The molecule has 0 aliphatic heterocycles. The number of rotatable bonds is 5. The number of anilines is 1. The second kappa shape index (κ2) is 7.93. The monoisotopic (exact) mass is 401 g/mol. The Morgan fingerprint density at radius 2 is 1.79 bits per heavy atom. The normalized spacial score (nSPS) is 10.8. The Morgan fingerprint density at radius 3 is 2.48 bits per heavy atom. The molecule has 0 aliphatic rings. The first-order chi connectivity index (χ1) is 14.0. The Bertz CT molecular complexity index is 1180. The summed E-state index contributed by atoms with van der Waals surface area (Å²) < 4.78 is 1.04. The summed E-state index contributed by atoms with van der Waals surface area (Å²) in [5.74, 6) is -0.197. The fourth-order valence-electron chi connectivity index (χ4n) is 3.04. The summed E-state index contributed by atoms with van der Waals surface area (Å²) in [4.78, 5) is 35.4. The van der Waals surface area contributed by atoms with Crippen molar-refractivity contribution in [3.8, 4) is 0 Å². The number of nitrogens with zero attached hydrogens (tertiary/aromatic N) is 3. The van der Waals surface area contributed by atoms with Crippen LogP contribution in [-0.2, 0) is 6.54 Å². The molecule has 5 nitrogen and oxygen atoms in total. The lowest BCUT2D eigenvalue weighted by Gasteiger charge is -2.20. The van der Waals surface area contributed by atoms with Crippen LogP contribution in [0, 0.1) is 6.92 Å². The van der Waals surface area contributed by atoms with E-state index in [0.29, 0.717) is 22.8 Å². The molecule has 29 heavy (non-hydrogen) atoms. The van der Waals surface area contributed by atoms with Crippen molar-refractivity contribution in [2.24, 2.45) is 0 Å². The molecule has 2 aromatic heterocycles. The molecule has 4 aromatic rings. The van der Waals surface area contributed by atoms with Crippen LogP contribution in [0.2, 0.25) is 0 Å². The van der Waals surface area contributed by atoms with E-state index in [-0.39, 0.29) is 11.7 Å². The first-order valence-electron chi connectivity index (χ1n) is 9.20. The average Bonchev–Trinajstić information content (AvgIpc) is 3.15. The van der Waals surface area contributed by atoms with E-state index < -0.39 is 0 Å². The molecule has 0 bridgehead atoms. The molecule has 2 aromatic carbocycles. The predicted molar refractivity (Wildman–Crippen MR) is 116 cm³/mol. The maximum Gasteiger partial charge on any atom is 0.260 e. The van der Waals surface area contributed by atoms with Crippen LogP contribution in [-0.4, -0.2) is 21.7 Å². The lowest BCUT2D eigenvalue weighted by molar-refractivity contribution is 0.0981. The van der Waals surface area contributed by atoms with Crippen LogP contribution >= 0.6 is 11.3 Å².